The van der Waals surface area contributed by atoms with Crippen molar-refractivity contribution in [3.8, 4) is 23.0 Å². The fraction of sp³-hybridized carbons (Fsp3) is 0.661. The molecule has 0 aliphatic carbocycles. The van der Waals surface area contributed by atoms with Gasteiger partial charge in [0.25, 0.3) is 11.8 Å². The molecule has 6 aliphatic heterocycles. The summed E-state index contributed by atoms with van der Waals surface area (Å²) in [7, 11) is 17.7. The number of nitrogens with zero attached hydrogens (tertiary/aromatic N) is 2. The lowest BCUT2D eigenvalue weighted by atomic mass is 9.90. The number of ether oxygens (including phenoxy) is 4. The van der Waals surface area contributed by atoms with Crippen molar-refractivity contribution in [3.05, 3.63) is 118 Å². The number of rotatable bonds is 77. The third kappa shape index (κ3) is 40.3. The van der Waals surface area contributed by atoms with Gasteiger partial charge in [-0.05, 0) is 90.7 Å². The number of unbranched alkanes of at least 4 members (excludes halogenated alkanes) is 60. The number of carbonyl (C=O) groups is 6. The Morgan fingerprint density at radius 2 is 0.534 bits per heavy atom. The zero-order valence-corrected chi connectivity index (χ0v) is 102. The van der Waals surface area contributed by atoms with Crippen LogP contribution in [-0.4, -0.2) is 48.8 Å². The van der Waals surface area contributed by atoms with E-state index in [0.29, 0.717) is 93.8 Å². The summed E-state index contributed by atoms with van der Waals surface area (Å²) in [4.78, 5) is 86.2. The van der Waals surface area contributed by atoms with E-state index in [4.69, 9.17) is 18.9 Å². The van der Waals surface area contributed by atoms with E-state index in [2.05, 4.69) is 131 Å². The molecule has 0 bridgehead atoms. The molecule has 0 aromatic heterocycles. The lowest BCUT2D eigenvalue weighted by molar-refractivity contribution is -0.132. The second-order valence-corrected chi connectivity index (χ2v) is 80.5. The van der Waals surface area contributed by atoms with Crippen molar-refractivity contribution < 1.29 is 47.7 Å². The van der Waals surface area contributed by atoms with E-state index in [0.717, 1.165) is 92.0 Å². The van der Waals surface area contributed by atoms with Crippen molar-refractivity contribution in [1.29, 1.82) is 0 Å². The largest absolute Gasteiger partial charge is 0.425 e. The molecular formula is C124H194N2O10P10. The Labute approximate surface area is 904 Å². The Kier molecular flexibility index (Phi) is 60.9. The van der Waals surface area contributed by atoms with Gasteiger partial charge >= 0.3 is 23.9 Å². The molecule has 12 nitrogen and oxygen atoms in total. The number of hydrogen-bond donors (Lipinski definition) is 0. The summed E-state index contributed by atoms with van der Waals surface area (Å²) in [5, 5.41) is 4.88. The van der Waals surface area contributed by atoms with E-state index in [9.17, 15) is 19.2 Å². The van der Waals surface area contributed by atoms with Crippen LogP contribution in [0.1, 0.15) is 524 Å². The highest BCUT2D eigenvalue weighted by Gasteiger charge is 2.45. The summed E-state index contributed by atoms with van der Waals surface area (Å²) in [6.07, 6.45) is 94.5. The predicted molar refractivity (Wildman–Crippen MR) is 659 cm³/mol. The number of fused-ring (bicyclic) bond motifs is 15. The number of anilines is 2. The Morgan fingerprint density at radius 1 is 0.281 bits per heavy atom. The maximum atomic E-state index is 16.2. The molecule has 0 saturated carbocycles. The van der Waals surface area contributed by atoms with Gasteiger partial charge < -0.3 is 28.7 Å². The first-order valence-electron chi connectivity index (χ1n) is 59.3. The second kappa shape index (κ2) is 71.6. The number of benzene rings is 6. The fourth-order valence-electron chi connectivity index (χ4n) is 23.3. The van der Waals surface area contributed by atoms with Crippen LogP contribution in [0.2, 0.25) is 0 Å². The molecular weight excluding hydrogens is 1990 g/mol. The summed E-state index contributed by atoms with van der Waals surface area (Å²) in [6.45, 7) is 19.2. The van der Waals surface area contributed by atoms with Gasteiger partial charge in [0.2, 0.25) is 0 Å². The van der Waals surface area contributed by atoms with Gasteiger partial charge in [-0.3, -0.25) is 19.2 Å². The first-order chi connectivity index (χ1) is 71.2. The summed E-state index contributed by atoms with van der Waals surface area (Å²) in [5.41, 5.74) is 9.26. The molecule has 146 heavy (non-hydrogen) atoms. The molecule has 6 aromatic rings. The summed E-state index contributed by atoms with van der Waals surface area (Å²) in [5.74, 6) is 1.39. The minimum atomic E-state index is -0.557. The highest BCUT2D eigenvalue weighted by atomic mass is 33.2. The van der Waals surface area contributed by atoms with Gasteiger partial charge in [0.05, 0.1) is 40.9 Å². The molecule has 2 amide bonds. The number of allylic oxidation sites excluding steroid dienone is 1. The maximum Gasteiger partial charge on any atom is 0.345 e. The van der Waals surface area contributed by atoms with Crippen molar-refractivity contribution in [2.24, 2.45) is 11.8 Å². The fourth-order valence-corrected chi connectivity index (χ4v) is 110. The Morgan fingerprint density at radius 3 is 0.842 bits per heavy atom. The average Bonchev–Trinajstić information content (AvgIpc) is 1.54. The molecule has 0 fully saturated rings. The number of hydrogen-bond acceptors (Lipinski definition) is 10. The van der Waals surface area contributed by atoms with E-state index in [-0.39, 0.29) is 57.3 Å². The van der Waals surface area contributed by atoms with E-state index >= 15 is 9.59 Å². The highest BCUT2D eigenvalue weighted by Crippen LogP contribution is 3.10. The van der Waals surface area contributed by atoms with Crippen molar-refractivity contribution in [2.75, 3.05) is 22.9 Å². The molecule has 6 heterocycles. The lowest BCUT2D eigenvalue weighted by Gasteiger charge is -2.27. The van der Waals surface area contributed by atoms with Gasteiger partial charge in [0.1, 0.15) is 23.0 Å². The van der Waals surface area contributed by atoms with E-state index in [1.165, 1.54) is 424 Å². The monoisotopic (exact) mass is 2180 g/mol. The van der Waals surface area contributed by atoms with Crippen LogP contribution >= 0.6 is 81.5 Å². The Bertz CT molecular complexity index is 4910. The Hall–Kier alpha value is -3.56. The van der Waals surface area contributed by atoms with Crippen LogP contribution in [0.25, 0.3) is 54.6 Å². The van der Waals surface area contributed by atoms with Crippen LogP contribution in [-0.2, 0) is 41.6 Å². The molecule has 22 heteroatoms. The first kappa shape index (κ1) is 124. The van der Waals surface area contributed by atoms with Gasteiger partial charge in [-0.1, -0.05) is 525 Å². The number of amides is 2. The van der Waals surface area contributed by atoms with Crippen molar-refractivity contribution >= 4 is 183 Å². The normalized spacial score (nSPS) is 14.6. The average molecular weight is 2180 g/mol. The zero-order valence-electron chi connectivity index (χ0n) is 91.8. The number of carbonyl (C=O) groups excluding carboxylic acids is 6. The Balaban J connectivity index is 0.000000662. The summed E-state index contributed by atoms with van der Waals surface area (Å²) < 4.78 is 22.6. The third-order valence-electron chi connectivity index (χ3n) is 31.8. The van der Waals surface area contributed by atoms with Crippen LogP contribution in [0.3, 0.4) is 0 Å². The van der Waals surface area contributed by atoms with Crippen LogP contribution in [0.4, 0.5) is 11.4 Å². The molecule has 0 radical (unpaired) electrons. The van der Waals surface area contributed by atoms with Gasteiger partial charge in [-0.25, -0.2) is 9.59 Å². The SMILES string of the molecule is C=C1C(=O)Oc2c1ccc1c3c(ccc21)C(=C1C(=O)N(CCC(CCCCCCCCCCCCCCCCCC)CCCCCCCCCCCCCCCCCC)c2c1ccc1c4c(ccc21)C(=C(C)C)C(=O)N4CCC(CCCCCCCCCCCCCCCCCC)CCCCCCCCCCCCCCCCCC)C(=O)O3.O=C1Cc2ccc3c4c(ccc3c2O1)CC(=O)O4.PP(P)P(P(P)P)P(P)P. The molecule has 0 N–H and O–H groups in total. The van der Waals surface area contributed by atoms with E-state index < -0.39 is 11.9 Å². The van der Waals surface area contributed by atoms with Gasteiger partial charge in [-0.15, -0.1) is 53.6 Å². The molecule has 6 aliphatic rings. The highest BCUT2D eigenvalue weighted by molar-refractivity contribution is 9.16. The van der Waals surface area contributed by atoms with E-state index in [1.54, 1.807) is 0 Å². The molecule has 0 saturated heterocycles. The molecule has 6 atom stereocenters. The van der Waals surface area contributed by atoms with Crippen molar-refractivity contribution in [1.82, 2.24) is 0 Å². The minimum absolute atomic E-state index is 0.0931. The van der Waals surface area contributed by atoms with Gasteiger partial charge in [0.15, 0.2) is 0 Å². The minimum Gasteiger partial charge on any atom is -0.425 e. The maximum absolute atomic E-state index is 16.2. The molecule has 12 rings (SSSR count). The predicted octanol–water partition coefficient (Wildman–Crippen LogP) is 42.0. The molecule has 6 aromatic carbocycles. The van der Waals surface area contributed by atoms with Crippen LogP contribution < -0.4 is 28.7 Å². The summed E-state index contributed by atoms with van der Waals surface area (Å²) in [6, 6.07) is 23.6. The molecule has 0 spiro atoms. The van der Waals surface area contributed by atoms with Gasteiger partial charge in [-0.2, -0.15) is 0 Å². The molecule has 6 unspecified atom stereocenters. The van der Waals surface area contributed by atoms with Crippen LogP contribution in [0.5, 0.6) is 23.0 Å². The summed E-state index contributed by atoms with van der Waals surface area (Å²) >= 11 is 0. The number of esters is 4. The van der Waals surface area contributed by atoms with Gasteiger partial charge in [0, 0.05) is 84.4 Å². The first-order valence-corrected chi connectivity index (χ1v) is 76.5. The molecule has 810 valence electrons. The van der Waals surface area contributed by atoms with E-state index in [1.807, 2.05) is 53.4 Å². The standard InChI is InChI=1S/C110H174N2O6.C14H8O4.H12P10/c1-8-12-16-20-24-28-32-36-40-44-48-52-56-60-64-68-72-90(73-69-65-61-57-53-49-45-41-37-33-29-25-21-17-13-9-2)84-86-111-103-93-78-82-98-101(102-99-83-80-95-96(106(99)118-110(102)116)79-76-92-89(7)109(115)117-105(92)95)108(114)112(104(98)94(93)77-81-97(103)100(88(5)6)107(111)113)87-85-91(74-70-66-62-58-54-50-46-42-38-34-30-26-22-18-14-10-3)75-71-67-63-59-55-51-47-43-39-35-31-27-23-19-15-11-4;15-11-5-7-1-3-9-10(13(7)17-11)4-2-8-6-12(16)18-14(8)9;1-7(2)10(8(3)4)9(5)6/h76-83,90-91H,7-75,84-87H2,1-6H3;1-4H,5-6H2;1-6H2. The van der Waals surface area contributed by atoms with Crippen molar-refractivity contribution in [2.45, 2.75) is 504 Å². The third-order valence-corrected chi connectivity index (χ3v) is 81.4. The second-order valence-electron chi connectivity index (χ2n) is 43.9. The lowest BCUT2D eigenvalue weighted by Crippen LogP contribution is -2.30. The topological polar surface area (TPSA) is 146 Å². The van der Waals surface area contributed by atoms with Crippen LogP contribution in [0.15, 0.2) is 84.9 Å². The van der Waals surface area contributed by atoms with Crippen LogP contribution in [0, 0.1) is 11.8 Å². The quantitative estimate of drug-likeness (QED) is 0.0119. The smallest absolute Gasteiger partial charge is 0.345 e. The zero-order chi connectivity index (χ0) is 104. The van der Waals surface area contributed by atoms with Crippen molar-refractivity contribution in [3.63, 3.8) is 0 Å².